The third-order valence-corrected chi connectivity index (χ3v) is 9.76. The van der Waals surface area contributed by atoms with Crippen LogP contribution >= 0.6 is 11.6 Å². The van der Waals surface area contributed by atoms with Crippen LogP contribution in [0.2, 0.25) is 5.15 Å². The number of piperidine rings is 1. The van der Waals surface area contributed by atoms with Crippen LogP contribution in [0, 0.1) is 18.8 Å². The number of anilines is 1. The zero-order valence-corrected chi connectivity index (χ0v) is 25.7. The van der Waals surface area contributed by atoms with Crippen molar-refractivity contribution in [2.24, 2.45) is 18.9 Å². The van der Waals surface area contributed by atoms with Crippen molar-refractivity contribution in [3.63, 3.8) is 0 Å². The Bertz CT molecular complexity index is 1610. The highest BCUT2D eigenvalue weighted by atomic mass is 35.5. The Kier molecular flexibility index (Phi) is 8.35. The third kappa shape index (κ3) is 5.96. The van der Waals surface area contributed by atoms with E-state index in [1.165, 1.54) is 24.6 Å². The van der Waals surface area contributed by atoms with Crippen LogP contribution in [0.4, 0.5) is 5.69 Å². The number of benzene rings is 2. The number of aryl methyl sites for hydroxylation is 2. The van der Waals surface area contributed by atoms with Gasteiger partial charge < -0.3 is 10.2 Å². The zero-order chi connectivity index (χ0) is 30.1. The number of aromatic nitrogens is 3. The molecule has 43 heavy (non-hydrogen) atoms. The van der Waals surface area contributed by atoms with Crippen LogP contribution in [0.5, 0.6) is 0 Å². The molecular weight excluding hydrogens is 558 g/mol. The molecular formula is C35H38ClN5O2. The quantitative estimate of drug-likeness (QED) is 0.234. The Morgan fingerprint density at radius 1 is 0.953 bits per heavy atom. The molecule has 6 rings (SSSR count). The van der Waals surface area contributed by atoms with Gasteiger partial charge in [0, 0.05) is 43.3 Å². The molecule has 0 spiro atoms. The fourth-order valence-electron chi connectivity index (χ4n) is 7.22. The first-order chi connectivity index (χ1) is 20.8. The van der Waals surface area contributed by atoms with E-state index in [9.17, 15) is 9.59 Å². The van der Waals surface area contributed by atoms with E-state index in [-0.39, 0.29) is 17.9 Å². The van der Waals surface area contributed by atoms with Crippen molar-refractivity contribution in [3.8, 4) is 11.3 Å². The molecule has 222 valence electrons. The van der Waals surface area contributed by atoms with Crippen LogP contribution < -0.4 is 5.32 Å². The summed E-state index contributed by atoms with van der Waals surface area (Å²) < 4.78 is 1.90. The molecule has 4 aromatic rings. The van der Waals surface area contributed by atoms with Crippen LogP contribution in [0.15, 0.2) is 73.1 Å². The summed E-state index contributed by atoms with van der Waals surface area (Å²) in [4.78, 5) is 33.3. The fourth-order valence-corrected chi connectivity index (χ4v) is 7.33. The molecule has 3 atom stereocenters. The van der Waals surface area contributed by atoms with Gasteiger partial charge in [-0.1, -0.05) is 61.7 Å². The number of rotatable bonds is 6. The minimum atomic E-state index is -0.287. The summed E-state index contributed by atoms with van der Waals surface area (Å²) in [5, 5.41) is 7.61. The Balaban J connectivity index is 1.23. The number of halogens is 1. The van der Waals surface area contributed by atoms with Crippen molar-refractivity contribution in [2.75, 3.05) is 11.9 Å². The first kappa shape index (κ1) is 29.1. The van der Waals surface area contributed by atoms with E-state index in [1.54, 1.807) is 12.1 Å². The van der Waals surface area contributed by atoms with Gasteiger partial charge in [0.25, 0.3) is 11.8 Å². The number of carbonyl (C=O) groups is 2. The molecule has 2 amide bonds. The maximum absolute atomic E-state index is 14.2. The second kappa shape index (κ2) is 12.3. The highest BCUT2D eigenvalue weighted by Crippen LogP contribution is 2.44. The van der Waals surface area contributed by atoms with E-state index in [0.717, 1.165) is 36.1 Å². The molecule has 7 nitrogen and oxygen atoms in total. The largest absolute Gasteiger partial charge is 0.335 e. The lowest BCUT2D eigenvalue weighted by atomic mass is 9.72. The summed E-state index contributed by atoms with van der Waals surface area (Å²) in [6.07, 6.45) is 8.96. The minimum Gasteiger partial charge on any atom is -0.335 e. The van der Waals surface area contributed by atoms with E-state index in [1.807, 2.05) is 49.1 Å². The standard InChI is InChI=1S/C35H38ClN5O2/c1-22-8-9-27(20-30(22)39-34(42)28-14-15-32(36)37-21-28)35(43)41-19-17-29(23(2)33(41)26-6-4-5-7-26)24-10-12-25(13-11-24)31-16-18-38-40(31)3/h8-16,18,20-21,23,26,29,33H,4-7,17,19H2,1-3H3,(H,39,42)/t23-,29+,33?/m1/s1. The zero-order valence-electron chi connectivity index (χ0n) is 25.0. The summed E-state index contributed by atoms with van der Waals surface area (Å²) in [5.41, 5.74) is 6.12. The first-order valence-corrected chi connectivity index (χ1v) is 15.6. The molecule has 1 aliphatic heterocycles. The number of amides is 2. The summed E-state index contributed by atoms with van der Waals surface area (Å²) in [6, 6.07) is 20.0. The molecule has 2 aromatic heterocycles. The topological polar surface area (TPSA) is 80.1 Å². The first-order valence-electron chi connectivity index (χ1n) is 15.2. The Morgan fingerprint density at radius 3 is 2.37 bits per heavy atom. The number of hydrogen-bond acceptors (Lipinski definition) is 4. The fraction of sp³-hybridized carbons (Fsp3) is 0.371. The monoisotopic (exact) mass is 595 g/mol. The molecule has 1 aliphatic carbocycles. The molecule has 8 heteroatoms. The van der Waals surface area contributed by atoms with Gasteiger partial charge in [0.1, 0.15) is 5.15 Å². The van der Waals surface area contributed by atoms with Crippen molar-refractivity contribution in [2.45, 2.75) is 57.9 Å². The van der Waals surface area contributed by atoms with Crippen molar-refractivity contribution < 1.29 is 9.59 Å². The summed E-state index contributed by atoms with van der Waals surface area (Å²) in [5.74, 6) is 0.959. The Morgan fingerprint density at radius 2 is 1.70 bits per heavy atom. The normalized spacial score (nSPS) is 20.7. The lowest BCUT2D eigenvalue weighted by molar-refractivity contribution is 0.0310. The minimum absolute atomic E-state index is 0.0393. The molecule has 1 saturated carbocycles. The summed E-state index contributed by atoms with van der Waals surface area (Å²) in [7, 11) is 1.96. The summed E-state index contributed by atoms with van der Waals surface area (Å²) in [6.45, 7) is 4.98. The highest BCUT2D eigenvalue weighted by molar-refractivity contribution is 6.29. The van der Waals surface area contributed by atoms with Gasteiger partial charge in [-0.3, -0.25) is 14.3 Å². The summed E-state index contributed by atoms with van der Waals surface area (Å²) >= 11 is 5.89. The number of nitrogens with zero attached hydrogens (tertiary/aromatic N) is 4. The lowest BCUT2D eigenvalue weighted by Gasteiger charge is -2.47. The van der Waals surface area contributed by atoms with Crippen LogP contribution in [-0.2, 0) is 7.05 Å². The maximum Gasteiger partial charge on any atom is 0.257 e. The molecule has 0 bridgehead atoms. The highest BCUT2D eigenvalue weighted by Gasteiger charge is 2.43. The molecule has 1 unspecified atom stereocenters. The SMILES string of the molecule is Cc1ccc(C(=O)N2CC[C@H](c3ccc(-c4ccnn4C)cc3)[C@@H](C)C2C2CCCC2)cc1NC(=O)c1ccc(Cl)nc1. The number of hydrogen-bond donors (Lipinski definition) is 1. The van der Waals surface area contributed by atoms with Gasteiger partial charge in [0.2, 0.25) is 0 Å². The smallest absolute Gasteiger partial charge is 0.257 e. The van der Waals surface area contributed by atoms with E-state index in [4.69, 9.17) is 11.6 Å². The van der Waals surface area contributed by atoms with Crippen molar-refractivity contribution in [3.05, 3.63) is 100 Å². The van der Waals surface area contributed by atoms with Gasteiger partial charge in [0.15, 0.2) is 0 Å². The predicted octanol–water partition coefficient (Wildman–Crippen LogP) is 7.52. The Hall–Kier alpha value is -3.97. The molecule has 0 radical (unpaired) electrons. The van der Waals surface area contributed by atoms with Crippen LogP contribution in [-0.4, -0.2) is 44.1 Å². The van der Waals surface area contributed by atoms with Crippen molar-refractivity contribution in [1.29, 1.82) is 0 Å². The van der Waals surface area contributed by atoms with E-state index in [0.29, 0.717) is 46.3 Å². The Labute approximate surface area is 258 Å². The van der Waals surface area contributed by atoms with Crippen LogP contribution in [0.3, 0.4) is 0 Å². The van der Waals surface area contributed by atoms with Crippen LogP contribution in [0.1, 0.15) is 76.8 Å². The van der Waals surface area contributed by atoms with E-state index in [2.05, 4.69) is 51.5 Å². The number of pyridine rings is 1. The number of carbonyl (C=O) groups excluding carboxylic acids is 2. The molecule has 2 fully saturated rings. The van der Waals surface area contributed by atoms with E-state index >= 15 is 0 Å². The third-order valence-electron chi connectivity index (χ3n) is 9.54. The second-order valence-corrected chi connectivity index (χ2v) is 12.5. The number of likely N-dealkylation sites (tertiary alicyclic amines) is 1. The van der Waals surface area contributed by atoms with Gasteiger partial charge in [-0.25, -0.2) is 4.98 Å². The maximum atomic E-state index is 14.2. The van der Waals surface area contributed by atoms with Gasteiger partial charge in [0.05, 0.1) is 11.3 Å². The van der Waals surface area contributed by atoms with Crippen molar-refractivity contribution >= 4 is 29.1 Å². The average Bonchev–Trinajstić information content (AvgIpc) is 3.70. The average molecular weight is 596 g/mol. The van der Waals surface area contributed by atoms with Gasteiger partial charge in [-0.05, 0) is 91.0 Å². The molecule has 1 N–H and O–H groups in total. The van der Waals surface area contributed by atoms with Crippen molar-refractivity contribution in [1.82, 2.24) is 19.7 Å². The van der Waals surface area contributed by atoms with Gasteiger partial charge in [-0.15, -0.1) is 0 Å². The molecule has 1 saturated heterocycles. The van der Waals surface area contributed by atoms with Crippen LogP contribution in [0.25, 0.3) is 11.3 Å². The lowest BCUT2D eigenvalue weighted by Crippen LogP contribution is -2.53. The number of nitrogens with one attached hydrogen (secondary N) is 1. The predicted molar refractivity (Wildman–Crippen MR) is 170 cm³/mol. The molecule has 3 heterocycles. The van der Waals surface area contributed by atoms with E-state index < -0.39 is 0 Å². The molecule has 2 aromatic carbocycles. The molecule has 2 aliphatic rings. The van der Waals surface area contributed by atoms with Gasteiger partial charge in [-0.2, -0.15) is 5.10 Å². The second-order valence-electron chi connectivity index (χ2n) is 12.1. The van der Waals surface area contributed by atoms with Gasteiger partial charge >= 0.3 is 0 Å².